The number of morpholine rings is 1. The lowest BCUT2D eigenvalue weighted by molar-refractivity contribution is -0.128. The molecule has 1 heterocycles. The molecule has 1 aliphatic rings. The van der Waals surface area contributed by atoms with Gasteiger partial charge in [0.2, 0.25) is 0 Å². The first-order valence-electron chi connectivity index (χ1n) is 4.67. The van der Waals surface area contributed by atoms with Gasteiger partial charge in [-0.2, -0.15) is 12.6 Å². The molecular formula is C9H19NO2S. The van der Waals surface area contributed by atoms with E-state index in [9.17, 15) is 5.11 Å². The maximum absolute atomic E-state index is 9.77. The number of hydrogen-bond donors (Lipinski definition) is 2. The van der Waals surface area contributed by atoms with Crippen molar-refractivity contribution in [2.45, 2.75) is 37.9 Å². The van der Waals surface area contributed by atoms with E-state index in [2.05, 4.69) is 17.5 Å². The number of nitrogens with zero attached hydrogens (tertiary/aromatic N) is 1. The maximum Gasteiger partial charge on any atom is 0.0983 e. The van der Waals surface area contributed by atoms with Gasteiger partial charge in [0.05, 0.1) is 23.7 Å². The highest BCUT2D eigenvalue weighted by atomic mass is 32.1. The summed E-state index contributed by atoms with van der Waals surface area (Å²) in [6.07, 6.45) is -0.101. The fourth-order valence-electron chi connectivity index (χ4n) is 1.44. The zero-order valence-corrected chi connectivity index (χ0v) is 9.42. The molecule has 0 aromatic rings. The molecule has 1 saturated heterocycles. The molecule has 4 heteroatoms. The Balaban J connectivity index is 2.52. The topological polar surface area (TPSA) is 32.7 Å². The van der Waals surface area contributed by atoms with Gasteiger partial charge in [0.15, 0.2) is 0 Å². The van der Waals surface area contributed by atoms with Crippen LogP contribution in [0.15, 0.2) is 0 Å². The number of aliphatic hydroxyl groups is 1. The molecule has 0 amide bonds. The number of thiol groups is 1. The first-order valence-corrected chi connectivity index (χ1v) is 5.19. The van der Waals surface area contributed by atoms with Crippen LogP contribution in [-0.4, -0.2) is 46.8 Å². The van der Waals surface area contributed by atoms with Crippen LogP contribution in [-0.2, 0) is 4.74 Å². The maximum atomic E-state index is 9.77. The first-order chi connectivity index (χ1) is 5.91. The molecule has 1 unspecified atom stereocenters. The average molecular weight is 205 g/mol. The van der Waals surface area contributed by atoms with E-state index in [1.165, 1.54) is 0 Å². The van der Waals surface area contributed by atoms with Crippen molar-refractivity contribution in [2.75, 3.05) is 19.7 Å². The van der Waals surface area contributed by atoms with Gasteiger partial charge in [-0.1, -0.05) is 0 Å². The summed E-state index contributed by atoms with van der Waals surface area (Å²) in [6, 6.07) is 0. The third-order valence-corrected chi connectivity index (χ3v) is 2.74. The lowest BCUT2D eigenvalue weighted by atomic mass is 10.0. The van der Waals surface area contributed by atoms with Gasteiger partial charge in [0, 0.05) is 13.1 Å². The lowest BCUT2D eigenvalue weighted by Crippen LogP contribution is -2.53. The standard InChI is InChI=1S/C9H19NO2S/c1-7(13)10-4-5-12-8(6-10)9(2,3)11/h7-8,11,13H,4-6H2,1-3H3/t7-,8?/m1/s1. The highest BCUT2D eigenvalue weighted by molar-refractivity contribution is 7.80. The predicted octanol–water partition coefficient (Wildman–Crippen LogP) is 0.734. The second kappa shape index (κ2) is 4.17. The van der Waals surface area contributed by atoms with E-state index in [4.69, 9.17) is 4.74 Å². The molecule has 1 N–H and O–H groups in total. The predicted molar refractivity (Wildman–Crippen MR) is 56.1 cm³/mol. The Bertz CT molecular complexity index is 167. The summed E-state index contributed by atoms with van der Waals surface area (Å²) in [5, 5.41) is 10.00. The van der Waals surface area contributed by atoms with E-state index in [-0.39, 0.29) is 11.5 Å². The van der Waals surface area contributed by atoms with E-state index in [0.717, 1.165) is 13.1 Å². The van der Waals surface area contributed by atoms with Crippen LogP contribution in [0.25, 0.3) is 0 Å². The van der Waals surface area contributed by atoms with Crippen LogP contribution < -0.4 is 0 Å². The van der Waals surface area contributed by atoms with Gasteiger partial charge in [-0.05, 0) is 20.8 Å². The molecule has 0 radical (unpaired) electrons. The highest BCUT2D eigenvalue weighted by Crippen LogP contribution is 2.19. The van der Waals surface area contributed by atoms with E-state index in [0.29, 0.717) is 6.61 Å². The van der Waals surface area contributed by atoms with Crippen molar-refractivity contribution >= 4 is 12.6 Å². The summed E-state index contributed by atoms with van der Waals surface area (Å²) in [5.41, 5.74) is -0.763. The number of rotatable bonds is 2. The van der Waals surface area contributed by atoms with Gasteiger partial charge < -0.3 is 9.84 Å². The largest absolute Gasteiger partial charge is 0.388 e. The Morgan fingerprint density at radius 3 is 2.69 bits per heavy atom. The fourth-order valence-corrected chi connectivity index (χ4v) is 1.65. The Labute approximate surface area is 85.5 Å². The molecule has 0 aromatic carbocycles. The van der Waals surface area contributed by atoms with Gasteiger partial charge in [0.25, 0.3) is 0 Å². The summed E-state index contributed by atoms with van der Waals surface area (Å²) in [7, 11) is 0. The summed E-state index contributed by atoms with van der Waals surface area (Å²) in [4.78, 5) is 2.20. The first kappa shape index (κ1) is 11.3. The van der Waals surface area contributed by atoms with Crippen molar-refractivity contribution in [3.05, 3.63) is 0 Å². The quantitative estimate of drug-likeness (QED) is 0.652. The second-order valence-electron chi connectivity index (χ2n) is 4.14. The summed E-state index contributed by atoms with van der Waals surface area (Å²) in [5.74, 6) is 0. The number of hydrogen-bond acceptors (Lipinski definition) is 4. The van der Waals surface area contributed by atoms with Crippen LogP contribution in [0.4, 0.5) is 0 Å². The molecule has 1 aliphatic heterocycles. The van der Waals surface area contributed by atoms with Gasteiger partial charge >= 0.3 is 0 Å². The molecule has 2 atom stereocenters. The normalized spacial score (nSPS) is 28.8. The summed E-state index contributed by atoms with van der Waals surface area (Å²) >= 11 is 4.37. The SMILES string of the molecule is C[C@@H](S)N1CCOC(C(C)(C)O)C1. The van der Waals surface area contributed by atoms with E-state index >= 15 is 0 Å². The second-order valence-corrected chi connectivity index (χ2v) is 4.89. The third-order valence-electron chi connectivity index (χ3n) is 2.41. The Hall–Kier alpha value is 0.230. The molecule has 0 bridgehead atoms. The minimum absolute atomic E-state index is 0.101. The van der Waals surface area contributed by atoms with Crippen molar-refractivity contribution < 1.29 is 9.84 Å². The van der Waals surface area contributed by atoms with E-state index in [1.807, 2.05) is 6.92 Å². The molecule has 1 rings (SSSR count). The van der Waals surface area contributed by atoms with Crippen LogP contribution in [0.1, 0.15) is 20.8 Å². The number of ether oxygens (including phenoxy) is 1. The van der Waals surface area contributed by atoms with Crippen molar-refractivity contribution in [1.29, 1.82) is 0 Å². The van der Waals surface area contributed by atoms with Gasteiger partial charge in [-0.3, -0.25) is 4.90 Å². The van der Waals surface area contributed by atoms with Crippen molar-refractivity contribution in [3.63, 3.8) is 0 Å². The summed E-state index contributed by atoms with van der Waals surface area (Å²) < 4.78 is 5.50. The van der Waals surface area contributed by atoms with Crippen molar-refractivity contribution in [2.24, 2.45) is 0 Å². The highest BCUT2D eigenvalue weighted by Gasteiger charge is 2.33. The van der Waals surface area contributed by atoms with Gasteiger partial charge in [-0.15, -0.1) is 0 Å². The van der Waals surface area contributed by atoms with Gasteiger partial charge in [0.1, 0.15) is 0 Å². The molecule has 78 valence electrons. The molecule has 0 aliphatic carbocycles. The van der Waals surface area contributed by atoms with Crippen LogP contribution in [0.3, 0.4) is 0 Å². The third kappa shape index (κ3) is 3.13. The molecule has 13 heavy (non-hydrogen) atoms. The average Bonchev–Trinajstić information content (AvgIpc) is 2.03. The summed E-state index contributed by atoms with van der Waals surface area (Å²) in [6.45, 7) is 7.94. The van der Waals surface area contributed by atoms with Crippen LogP contribution in [0.5, 0.6) is 0 Å². The van der Waals surface area contributed by atoms with Gasteiger partial charge in [-0.25, -0.2) is 0 Å². The van der Waals surface area contributed by atoms with Crippen LogP contribution in [0.2, 0.25) is 0 Å². The monoisotopic (exact) mass is 205 g/mol. The smallest absolute Gasteiger partial charge is 0.0983 e. The van der Waals surface area contributed by atoms with Crippen LogP contribution in [0, 0.1) is 0 Å². The zero-order chi connectivity index (χ0) is 10.1. The molecule has 0 saturated carbocycles. The minimum atomic E-state index is -0.763. The molecule has 1 fully saturated rings. The molecular weight excluding hydrogens is 186 g/mol. The van der Waals surface area contributed by atoms with E-state index in [1.54, 1.807) is 13.8 Å². The van der Waals surface area contributed by atoms with E-state index < -0.39 is 5.60 Å². The lowest BCUT2D eigenvalue weighted by Gasteiger charge is -2.39. The molecule has 0 spiro atoms. The Morgan fingerprint density at radius 2 is 2.23 bits per heavy atom. The zero-order valence-electron chi connectivity index (χ0n) is 8.53. The van der Waals surface area contributed by atoms with Crippen molar-refractivity contribution in [3.8, 4) is 0 Å². The van der Waals surface area contributed by atoms with Crippen molar-refractivity contribution in [1.82, 2.24) is 4.90 Å². The molecule has 0 aromatic heterocycles. The Kier molecular flexibility index (Phi) is 3.63. The Morgan fingerprint density at radius 1 is 1.62 bits per heavy atom. The minimum Gasteiger partial charge on any atom is -0.388 e. The van der Waals surface area contributed by atoms with Crippen LogP contribution >= 0.6 is 12.6 Å². The fraction of sp³-hybridized carbons (Fsp3) is 1.00. The molecule has 3 nitrogen and oxygen atoms in total.